The van der Waals surface area contributed by atoms with Crippen LogP contribution in [0.15, 0.2) is 36.4 Å². The van der Waals surface area contributed by atoms with E-state index in [1.165, 1.54) is 0 Å². The van der Waals surface area contributed by atoms with Crippen LogP contribution in [0.2, 0.25) is 10.0 Å². The van der Waals surface area contributed by atoms with Gasteiger partial charge >= 0.3 is 0 Å². The molecule has 2 aliphatic rings. The second-order valence-electron chi connectivity index (χ2n) is 9.41. The number of aliphatic hydroxyl groups excluding tert-OH is 1. The number of hydrogen-bond donors (Lipinski definition) is 2. The summed E-state index contributed by atoms with van der Waals surface area (Å²) in [4.78, 5) is 17.0. The van der Waals surface area contributed by atoms with Gasteiger partial charge in [0.1, 0.15) is 6.07 Å². The fourth-order valence-corrected chi connectivity index (χ4v) is 5.87. The number of rotatable bonds is 5. The molecule has 188 valence electrons. The summed E-state index contributed by atoms with van der Waals surface area (Å²) in [5.74, 6) is 0.0760. The van der Waals surface area contributed by atoms with E-state index in [0.717, 1.165) is 41.5 Å². The number of piperazine rings is 1. The zero-order valence-corrected chi connectivity index (χ0v) is 21.5. The quantitative estimate of drug-likeness (QED) is 0.527. The number of nitrogens with one attached hydrogen (secondary N) is 1. The predicted molar refractivity (Wildman–Crippen MR) is 141 cm³/mol. The van der Waals surface area contributed by atoms with Crippen LogP contribution >= 0.6 is 23.2 Å². The van der Waals surface area contributed by atoms with Crippen LogP contribution in [0.3, 0.4) is 0 Å². The second-order valence-corrected chi connectivity index (χ2v) is 10.3. The highest BCUT2D eigenvalue weighted by atomic mass is 35.5. The molecule has 1 amide bonds. The van der Waals surface area contributed by atoms with Crippen LogP contribution in [0, 0.1) is 11.3 Å². The molecule has 3 aromatic rings. The highest BCUT2D eigenvalue weighted by Crippen LogP contribution is 2.33. The molecule has 36 heavy (non-hydrogen) atoms. The molecule has 2 aromatic carbocycles. The normalized spacial score (nSPS) is 21.1. The molecule has 1 aromatic heterocycles. The van der Waals surface area contributed by atoms with Crippen molar-refractivity contribution >= 4 is 45.7 Å². The Morgan fingerprint density at radius 1 is 1.28 bits per heavy atom. The molecule has 0 radical (unpaired) electrons. The van der Waals surface area contributed by atoms with Gasteiger partial charge in [0.15, 0.2) is 5.69 Å². The molecule has 3 heterocycles. The first-order valence-electron chi connectivity index (χ1n) is 12.2. The zero-order valence-electron chi connectivity index (χ0n) is 20.0. The van der Waals surface area contributed by atoms with E-state index >= 15 is 0 Å². The first-order valence-corrected chi connectivity index (χ1v) is 12.9. The molecule has 2 aliphatic heterocycles. The third-order valence-electron chi connectivity index (χ3n) is 7.28. The van der Waals surface area contributed by atoms with Crippen LogP contribution < -0.4 is 10.2 Å². The highest BCUT2D eigenvalue weighted by Gasteiger charge is 2.35. The van der Waals surface area contributed by atoms with Crippen molar-refractivity contribution in [2.24, 2.45) is 0 Å². The number of aromatic nitrogens is 2. The van der Waals surface area contributed by atoms with E-state index in [4.69, 9.17) is 23.2 Å². The van der Waals surface area contributed by atoms with E-state index < -0.39 is 0 Å². The minimum absolute atomic E-state index is 0.0760. The number of carbonyl (C=O) groups is 1. The summed E-state index contributed by atoms with van der Waals surface area (Å²) in [7, 11) is 0. The monoisotopic (exact) mass is 526 g/mol. The van der Waals surface area contributed by atoms with Crippen LogP contribution in [0.4, 0.5) is 5.69 Å². The number of nitrogens with zero attached hydrogens (tertiary/aromatic N) is 5. The Morgan fingerprint density at radius 2 is 2.11 bits per heavy atom. The van der Waals surface area contributed by atoms with Gasteiger partial charge in [-0.3, -0.25) is 9.48 Å². The van der Waals surface area contributed by atoms with Crippen molar-refractivity contribution in [2.45, 2.75) is 37.9 Å². The van der Waals surface area contributed by atoms with Crippen molar-refractivity contribution in [1.29, 1.82) is 5.26 Å². The Bertz CT molecular complexity index is 1330. The molecule has 3 atom stereocenters. The molecule has 0 aliphatic carbocycles. The summed E-state index contributed by atoms with van der Waals surface area (Å²) in [5.41, 5.74) is 2.97. The zero-order chi connectivity index (χ0) is 25.4. The first kappa shape index (κ1) is 24.8. The Balaban J connectivity index is 1.45. The number of halogens is 2. The minimum Gasteiger partial charge on any atom is -0.394 e. The number of benzene rings is 2. The number of nitriles is 1. The second kappa shape index (κ2) is 10.3. The van der Waals surface area contributed by atoms with Crippen molar-refractivity contribution in [3.8, 4) is 6.07 Å². The lowest BCUT2D eigenvalue weighted by molar-refractivity contribution is -0.136. The van der Waals surface area contributed by atoms with Gasteiger partial charge in [0, 0.05) is 40.8 Å². The summed E-state index contributed by atoms with van der Waals surface area (Å²) in [6.45, 7) is 4.47. The van der Waals surface area contributed by atoms with E-state index in [-0.39, 0.29) is 30.6 Å². The van der Waals surface area contributed by atoms with Gasteiger partial charge in [-0.25, -0.2) is 0 Å². The maximum atomic E-state index is 13.0. The Labute approximate surface area is 220 Å². The Kier molecular flexibility index (Phi) is 7.09. The molecule has 2 N–H and O–H groups in total. The summed E-state index contributed by atoms with van der Waals surface area (Å²) in [6.07, 6.45) is 1.84. The summed E-state index contributed by atoms with van der Waals surface area (Å²) in [6, 6.07) is 12.8. The van der Waals surface area contributed by atoms with E-state index in [0.29, 0.717) is 35.4 Å². The molecule has 0 bridgehead atoms. The smallest absolute Gasteiger partial charge is 0.240 e. The molecule has 0 saturated carbocycles. The van der Waals surface area contributed by atoms with Gasteiger partial charge < -0.3 is 20.2 Å². The van der Waals surface area contributed by atoms with Crippen molar-refractivity contribution < 1.29 is 9.90 Å². The van der Waals surface area contributed by atoms with Crippen molar-refractivity contribution in [3.05, 3.63) is 57.7 Å². The van der Waals surface area contributed by atoms with E-state index in [2.05, 4.69) is 21.4 Å². The number of anilines is 1. The van der Waals surface area contributed by atoms with Gasteiger partial charge in [-0.05, 0) is 62.2 Å². The van der Waals surface area contributed by atoms with Crippen molar-refractivity contribution in [2.75, 3.05) is 37.7 Å². The molecular weight excluding hydrogens is 499 g/mol. The van der Waals surface area contributed by atoms with Gasteiger partial charge in [-0.15, -0.1) is 0 Å². The average molecular weight is 527 g/mol. The van der Waals surface area contributed by atoms with E-state index in [1.54, 1.807) is 12.1 Å². The third-order valence-corrected chi connectivity index (χ3v) is 7.84. The molecule has 5 rings (SSSR count). The van der Waals surface area contributed by atoms with Gasteiger partial charge in [0.25, 0.3) is 0 Å². The number of amides is 1. The maximum absolute atomic E-state index is 13.0. The predicted octanol–water partition coefficient (Wildman–Crippen LogP) is 3.59. The number of carbonyl (C=O) groups excluding carboxylic acids is 1. The summed E-state index contributed by atoms with van der Waals surface area (Å²) in [5, 5.41) is 29.5. The number of aliphatic hydroxyl groups is 1. The SMILES string of the molecule is CC(c1ccc(Cl)cc1Cl)n1nc(C#N)c2ccc(N3CCN(C(=O)C4CCCN4)C(CO)C3)cc21. The molecule has 2 fully saturated rings. The molecular formula is C26H28Cl2N6O2. The van der Waals surface area contributed by atoms with Crippen molar-refractivity contribution in [3.63, 3.8) is 0 Å². The lowest BCUT2D eigenvalue weighted by Gasteiger charge is -2.42. The third kappa shape index (κ3) is 4.53. The fourth-order valence-electron chi connectivity index (χ4n) is 5.30. The molecule has 3 unspecified atom stereocenters. The van der Waals surface area contributed by atoms with Crippen LogP contribution in [-0.2, 0) is 4.79 Å². The topological polar surface area (TPSA) is 97.4 Å². The first-order chi connectivity index (χ1) is 17.4. The number of fused-ring (bicyclic) bond motifs is 1. The van der Waals surface area contributed by atoms with Gasteiger partial charge in [-0.2, -0.15) is 10.4 Å². The largest absolute Gasteiger partial charge is 0.394 e. The minimum atomic E-state index is -0.282. The maximum Gasteiger partial charge on any atom is 0.240 e. The highest BCUT2D eigenvalue weighted by molar-refractivity contribution is 6.35. The Morgan fingerprint density at radius 3 is 2.81 bits per heavy atom. The average Bonchev–Trinajstić information content (AvgIpc) is 3.55. The molecule has 10 heteroatoms. The summed E-state index contributed by atoms with van der Waals surface area (Å²) < 4.78 is 1.82. The van der Waals surface area contributed by atoms with E-state index in [1.807, 2.05) is 40.8 Å². The molecule has 0 spiro atoms. The lowest BCUT2D eigenvalue weighted by atomic mass is 10.1. The van der Waals surface area contributed by atoms with Gasteiger partial charge in [0.05, 0.1) is 30.2 Å². The number of hydrogen-bond acceptors (Lipinski definition) is 6. The van der Waals surface area contributed by atoms with Crippen LogP contribution in [0.5, 0.6) is 0 Å². The molecule has 8 nitrogen and oxygen atoms in total. The van der Waals surface area contributed by atoms with Gasteiger partial charge in [0.2, 0.25) is 5.91 Å². The summed E-state index contributed by atoms with van der Waals surface area (Å²) >= 11 is 12.6. The van der Waals surface area contributed by atoms with Crippen LogP contribution in [-0.4, -0.2) is 70.6 Å². The van der Waals surface area contributed by atoms with Crippen LogP contribution in [0.1, 0.15) is 37.1 Å². The fraction of sp³-hybridized carbons (Fsp3) is 0.423. The van der Waals surface area contributed by atoms with Gasteiger partial charge in [-0.1, -0.05) is 29.3 Å². The Hall–Kier alpha value is -2.83. The molecule has 2 saturated heterocycles. The van der Waals surface area contributed by atoms with Crippen LogP contribution in [0.25, 0.3) is 10.9 Å². The van der Waals surface area contributed by atoms with Crippen molar-refractivity contribution in [1.82, 2.24) is 20.0 Å². The van der Waals surface area contributed by atoms with E-state index in [9.17, 15) is 15.2 Å². The lowest BCUT2D eigenvalue weighted by Crippen LogP contribution is -2.59. The standard InChI is InChI=1S/C26H28Cl2N6O2/c1-16(20-6-4-17(27)11-22(20)28)34-25-12-18(5-7-21(25)24(13-29)31-34)32-9-10-33(19(14-32)15-35)26(36)23-3-2-8-30-23/h4-7,11-12,16,19,23,30,35H,2-3,8-10,14-15H2,1H3.